The van der Waals surface area contributed by atoms with Crippen LogP contribution >= 0.6 is 0 Å². The first-order valence-corrected chi connectivity index (χ1v) is 7.73. The Labute approximate surface area is 162 Å². The number of quaternary nitrogens is 2. The van der Waals surface area contributed by atoms with E-state index in [1.54, 1.807) is 6.92 Å². The SMILES string of the molecule is C=C(C)C(=O)NCCC[N+](C)(C)C.C=CC[N+](C)(C)CC=C.[Cl-].[Cl-]. The molecule has 6 heteroatoms. The molecule has 1 N–H and O–H groups in total. The highest BCUT2D eigenvalue weighted by Crippen LogP contribution is 1.95. The van der Waals surface area contributed by atoms with Crippen molar-refractivity contribution in [3.63, 3.8) is 0 Å². The van der Waals surface area contributed by atoms with Crippen LogP contribution in [0.15, 0.2) is 37.5 Å². The van der Waals surface area contributed by atoms with Gasteiger partial charge in [-0.3, -0.25) is 4.79 Å². The van der Waals surface area contributed by atoms with E-state index in [0.717, 1.165) is 41.6 Å². The highest BCUT2D eigenvalue weighted by Gasteiger charge is 2.08. The van der Waals surface area contributed by atoms with Crippen LogP contribution in [0.5, 0.6) is 0 Å². The van der Waals surface area contributed by atoms with E-state index in [-0.39, 0.29) is 30.7 Å². The maximum Gasteiger partial charge on any atom is 0.246 e. The number of halogens is 2. The van der Waals surface area contributed by atoms with E-state index >= 15 is 0 Å². The van der Waals surface area contributed by atoms with Crippen LogP contribution in [0.4, 0.5) is 0 Å². The van der Waals surface area contributed by atoms with Gasteiger partial charge in [0.25, 0.3) is 0 Å². The first-order chi connectivity index (χ1) is 9.95. The number of carbonyl (C=O) groups is 1. The molecule has 0 radical (unpaired) electrons. The lowest BCUT2D eigenvalue weighted by Crippen LogP contribution is -3.00. The van der Waals surface area contributed by atoms with Crippen molar-refractivity contribution in [3.8, 4) is 0 Å². The van der Waals surface area contributed by atoms with Crippen molar-refractivity contribution in [1.82, 2.24) is 5.32 Å². The smallest absolute Gasteiger partial charge is 0.246 e. The zero-order chi connectivity index (χ0) is 17.8. The third-order valence-corrected chi connectivity index (χ3v) is 2.93. The Hall–Kier alpha value is -0.810. The van der Waals surface area contributed by atoms with Crippen LogP contribution in [0.2, 0.25) is 0 Å². The van der Waals surface area contributed by atoms with Gasteiger partial charge in [0.15, 0.2) is 0 Å². The summed E-state index contributed by atoms with van der Waals surface area (Å²) in [6.07, 6.45) is 4.87. The molecule has 0 aliphatic heterocycles. The van der Waals surface area contributed by atoms with Gasteiger partial charge in [-0.15, -0.1) is 0 Å². The van der Waals surface area contributed by atoms with Gasteiger partial charge < -0.3 is 39.1 Å². The minimum absolute atomic E-state index is 0. The highest BCUT2D eigenvalue weighted by atomic mass is 35.5. The van der Waals surface area contributed by atoms with Crippen LogP contribution < -0.4 is 30.1 Å². The van der Waals surface area contributed by atoms with Crippen molar-refractivity contribution in [2.45, 2.75) is 13.3 Å². The van der Waals surface area contributed by atoms with Gasteiger partial charge in [0.2, 0.25) is 5.91 Å². The Morgan fingerprint density at radius 3 is 1.71 bits per heavy atom. The van der Waals surface area contributed by atoms with Crippen LogP contribution in [0.1, 0.15) is 13.3 Å². The average Bonchev–Trinajstić information content (AvgIpc) is 2.33. The molecule has 0 aromatic rings. The number of hydrogen-bond acceptors (Lipinski definition) is 1. The van der Waals surface area contributed by atoms with E-state index in [1.165, 1.54) is 0 Å². The normalized spacial score (nSPS) is 10.1. The topological polar surface area (TPSA) is 29.1 Å². The summed E-state index contributed by atoms with van der Waals surface area (Å²) in [6, 6.07) is 0. The molecule has 0 aliphatic rings. The monoisotopic (exact) mass is 381 g/mol. The molecule has 1 amide bonds. The molecule has 0 spiro atoms. The van der Waals surface area contributed by atoms with Crippen LogP contribution in [-0.4, -0.2) is 76.3 Å². The Kier molecular flexibility index (Phi) is 20.3. The largest absolute Gasteiger partial charge is 1.00 e. The van der Waals surface area contributed by atoms with Gasteiger partial charge >= 0.3 is 0 Å². The summed E-state index contributed by atoms with van der Waals surface area (Å²) < 4.78 is 1.88. The van der Waals surface area contributed by atoms with Crippen LogP contribution in [0.25, 0.3) is 0 Å². The van der Waals surface area contributed by atoms with Gasteiger partial charge in [-0.1, -0.05) is 19.7 Å². The third kappa shape index (κ3) is 23.5. The quantitative estimate of drug-likeness (QED) is 0.189. The van der Waals surface area contributed by atoms with Gasteiger partial charge in [0.05, 0.1) is 54.9 Å². The van der Waals surface area contributed by atoms with E-state index in [1.807, 2.05) is 12.2 Å². The zero-order valence-corrected chi connectivity index (χ0v) is 17.9. The second-order valence-corrected chi connectivity index (χ2v) is 7.28. The maximum absolute atomic E-state index is 11.1. The fraction of sp³-hybridized carbons (Fsp3) is 0.611. The van der Waals surface area contributed by atoms with Crippen LogP contribution in [0.3, 0.4) is 0 Å². The van der Waals surface area contributed by atoms with Crippen LogP contribution in [-0.2, 0) is 4.79 Å². The minimum Gasteiger partial charge on any atom is -1.00 e. The van der Waals surface area contributed by atoms with Gasteiger partial charge in [-0.2, -0.15) is 0 Å². The summed E-state index contributed by atoms with van der Waals surface area (Å²) in [5.41, 5.74) is 0.574. The molecule has 0 rings (SSSR count). The molecule has 4 nitrogen and oxygen atoms in total. The molecule has 0 aromatic carbocycles. The predicted octanol–water partition coefficient (Wildman–Crippen LogP) is -3.78. The highest BCUT2D eigenvalue weighted by molar-refractivity contribution is 5.91. The Morgan fingerprint density at radius 2 is 1.42 bits per heavy atom. The van der Waals surface area contributed by atoms with E-state index in [9.17, 15) is 4.79 Å². The molecule has 0 bridgehead atoms. The lowest BCUT2D eigenvalue weighted by atomic mass is 10.3. The lowest BCUT2D eigenvalue weighted by molar-refractivity contribution is -0.878. The molecule has 0 fully saturated rings. The number of likely N-dealkylation sites (N-methyl/N-ethyl adjacent to an activating group) is 1. The van der Waals surface area contributed by atoms with Crippen molar-refractivity contribution in [2.24, 2.45) is 0 Å². The van der Waals surface area contributed by atoms with Crippen molar-refractivity contribution in [3.05, 3.63) is 37.5 Å². The maximum atomic E-state index is 11.1. The molecule has 0 aliphatic carbocycles. The van der Waals surface area contributed by atoms with Gasteiger partial charge in [0.1, 0.15) is 0 Å². The Bertz CT molecular complexity index is 363. The average molecular weight is 382 g/mol. The summed E-state index contributed by atoms with van der Waals surface area (Å²) in [7, 11) is 10.7. The number of nitrogens with one attached hydrogen (secondary N) is 1. The molecule has 0 saturated heterocycles. The molecule has 0 saturated carbocycles. The lowest BCUT2D eigenvalue weighted by Gasteiger charge is -2.26. The van der Waals surface area contributed by atoms with E-state index in [2.05, 4.69) is 60.3 Å². The van der Waals surface area contributed by atoms with Crippen molar-refractivity contribution < 1.29 is 38.6 Å². The standard InChI is InChI=1S/C10H20N2O.C8H16N.2ClH/c1-9(2)10(13)11-7-6-8-12(3,4)5;1-5-7-9(3,4)8-6-2;;/h1,6-8H2,2-5H3;5-6H,1-2,7-8H2,3-4H3;2*1H/q;+1;;/p-1. The Morgan fingerprint density at radius 1 is 1.00 bits per heavy atom. The van der Waals surface area contributed by atoms with Crippen LogP contribution in [0, 0.1) is 0 Å². The van der Waals surface area contributed by atoms with E-state index in [0.29, 0.717) is 5.57 Å². The molecule has 144 valence electrons. The number of carbonyl (C=O) groups excluding carboxylic acids is 1. The van der Waals surface area contributed by atoms with Crippen molar-refractivity contribution in [2.75, 3.05) is 61.4 Å². The van der Waals surface area contributed by atoms with Crippen molar-refractivity contribution in [1.29, 1.82) is 0 Å². The van der Waals surface area contributed by atoms with E-state index < -0.39 is 0 Å². The van der Waals surface area contributed by atoms with Gasteiger partial charge in [-0.05, 0) is 19.1 Å². The Balaban J connectivity index is -0.000000162. The minimum atomic E-state index is -0.0404. The summed E-state index contributed by atoms with van der Waals surface area (Å²) in [4.78, 5) is 11.1. The fourth-order valence-electron chi connectivity index (χ4n) is 1.68. The number of rotatable bonds is 9. The summed E-state index contributed by atoms with van der Waals surface area (Å²) >= 11 is 0. The van der Waals surface area contributed by atoms with Crippen molar-refractivity contribution >= 4 is 5.91 Å². The second-order valence-electron chi connectivity index (χ2n) is 7.28. The summed E-state index contributed by atoms with van der Waals surface area (Å²) in [6.45, 7) is 16.5. The summed E-state index contributed by atoms with van der Waals surface area (Å²) in [5.74, 6) is -0.0404. The molecule has 24 heavy (non-hydrogen) atoms. The number of hydrogen-bond donors (Lipinski definition) is 1. The number of nitrogens with zero attached hydrogens (tertiary/aromatic N) is 2. The fourth-order valence-corrected chi connectivity index (χ4v) is 1.68. The second kappa shape index (κ2) is 15.7. The van der Waals surface area contributed by atoms with Gasteiger partial charge in [-0.25, -0.2) is 0 Å². The molecule has 0 heterocycles. The first-order valence-electron chi connectivity index (χ1n) is 7.73. The first kappa shape index (κ1) is 31.0. The third-order valence-electron chi connectivity index (χ3n) is 2.93. The molecule has 0 unspecified atom stereocenters. The molecular formula is C18H37Cl2N3O. The van der Waals surface area contributed by atoms with E-state index in [4.69, 9.17) is 0 Å². The number of amides is 1. The summed E-state index contributed by atoms with van der Waals surface area (Å²) in [5, 5.41) is 2.81. The predicted molar refractivity (Wildman–Crippen MR) is 97.6 cm³/mol. The molecule has 0 atom stereocenters. The zero-order valence-electron chi connectivity index (χ0n) is 16.4. The molecule has 0 aromatic heterocycles. The van der Waals surface area contributed by atoms with Gasteiger partial charge in [0, 0.05) is 18.5 Å². The molecular weight excluding hydrogens is 345 g/mol.